The van der Waals surface area contributed by atoms with Gasteiger partial charge >= 0.3 is 6.01 Å². The van der Waals surface area contributed by atoms with Crippen LogP contribution in [0.1, 0.15) is 13.8 Å². The van der Waals surface area contributed by atoms with Crippen LogP contribution in [0.25, 0.3) is 0 Å². The molecule has 8 heteroatoms. The van der Waals surface area contributed by atoms with E-state index in [-0.39, 0.29) is 17.3 Å². The quantitative estimate of drug-likeness (QED) is 0.683. The van der Waals surface area contributed by atoms with Crippen LogP contribution >= 0.6 is 11.6 Å². The first-order valence-corrected chi connectivity index (χ1v) is 6.79. The normalized spacial score (nSPS) is 12.2. The van der Waals surface area contributed by atoms with Gasteiger partial charge in [0.05, 0.1) is 25.9 Å². The molecule has 114 valence electrons. The average molecular weight is 305 g/mol. The molecule has 1 atom stereocenters. The lowest BCUT2D eigenvalue weighted by Gasteiger charge is -2.28. The number of rotatable bonds is 9. The minimum atomic E-state index is 0.0723. The molecule has 20 heavy (non-hydrogen) atoms. The van der Waals surface area contributed by atoms with Crippen LogP contribution < -0.4 is 9.64 Å². The molecule has 0 saturated heterocycles. The highest BCUT2D eigenvalue weighted by Crippen LogP contribution is 2.17. The van der Waals surface area contributed by atoms with Gasteiger partial charge in [-0.15, -0.1) is 0 Å². The van der Waals surface area contributed by atoms with E-state index in [1.165, 1.54) is 0 Å². The average Bonchev–Trinajstić information content (AvgIpc) is 2.39. The zero-order chi connectivity index (χ0) is 15.0. The van der Waals surface area contributed by atoms with E-state index in [1.54, 1.807) is 14.2 Å². The molecule has 0 bridgehead atoms. The lowest BCUT2D eigenvalue weighted by molar-refractivity contribution is 0.170. The minimum absolute atomic E-state index is 0.0723. The summed E-state index contributed by atoms with van der Waals surface area (Å²) in [7, 11) is 3.29. The summed E-state index contributed by atoms with van der Waals surface area (Å²) in [6, 6.07) is 0.289. The van der Waals surface area contributed by atoms with Crippen LogP contribution in [-0.4, -0.2) is 61.6 Å². The van der Waals surface area contributed by atoms with Gasteiger partial charge in [0.1, 0.15) is 0 Å². The van der Waals surface area contributed by atoms with Crippen molar-refractivity contribution in [1.29, 1.82) is 0 Å². The van der Waals surface area contributed by atoms with Crippen molar-refractivity contribution in [2.75, 3.05) is 45.5 Å². The molecule has 1 unspecified atom stereocenters. The zero-order valence-corrected chi connectivity index (χ0v) is 13.1. The molecule has 0 aromatic carbocycles. The third-order valence-electron chi connectivity index (χ3n) is 2.58. The largest absolute Gasteiger partial charge is 0.464 e. The van der Waals surface area contributed by atoms with Crippen LogP contribution in [0.2, 0.25) is 5.28 Å². The van der Waals surface area contributed by atoms with E-state index in [2.05, 4.69) is 15.0 Å². The summed E-state index contributed by atoms with van der Waals surface area (Å²) in [5.41, 5.74) is 0. The second kappa shape index (κ2) is 8.89. The summed E-state index contributed by atoms with van der Waals surface area (Å²) in [6.07, 6.45) is 0. The Morgan fingerprint density at radius 3 is 2.55 bits per heavy atom. The van der Waals surface area contributed by atoms with Crippen molar-refractivity contribution in [1.82, 2.24) is 15.0 Å². The standard InChI is InChI=1S/C12H21ClN4O3/c1-5-20-12-15-10(13)14-11(16-12)17(6-7-18-3)9(2)8-19-4/h9H,5-8H2,1-4H3. The van der Waals surface area contributed by atoms with Crippen molar-refractivity contribution in [3.05, 3.63) is 5.28 Å². The molecular weight excluding hydrogens is 284 g/mol. The monoisotopic (exact) mass is 304 g/mol. The molecule has 0 aliphatic rings. The van der Waals surface area contributed by atoms with Crippen LogP contribution in [-0.2, 0) is 9.47 Å². The Kier molecular flexibility index (Phi) is 7.50. The fourth-order valence-corrected chi connectivity index (χ4v) is 1.83. The third-order valence-corrected chi connectivity index (χ3v) is 2.75. The molecule has 0 saturated carbocycles. The van der Waals surface area contributed by atoms with Crippen molar-refractivity contribution in [3.8, 4) is 6.01 Å². The molecular formula is C12H21ClN4O3. The predicted octanol–water partition coefficient (Wildman–Crippen LogP) is 1.41. The van der Waals surface area contributed by atoms with E-state index in [0.717, 1.165) is 0 Å². The number of ether oxygens (including phenoxy) is 3. The topological polar surface area (TPSA) is 69.6 Å². The van der Waals surface area contributed by atoms with Gasteiger partial charge in [0.15, 0.2) is 0 Å². The van der Waals surface area contributed by atoms with Gasteiger partial charge < -0.3 is 19.1 Å². The van der Waals surface area contributed by atoms with Gasteiger partial charge in [0.2, 0.25) is 11.2 Å². The fraction of sp³-hybridized carbons (Fsp3) is 0.750. The summed E-state index contributed by atoms with van der Waals surface area (Å²) < 4.78 is 15.6. The first kappa shape index (κ1) is 16.9. The van der Waals surface area contributed by atoms with Crippen LogP contribution in [0.4, 0.5) is 5.95 Å². The minimum Gasteiger partial charge on any atom is -0.464 e. The highest BCUT2D eigenvalue weighted by Gasteiger charge is 2.19. The van der Waals surface area contributed by atoms with Crippen molar-refractivity contribution in [2.45, 2.75) is 19.9 Å². The second-order valence-corrected chi connectivity index (χ2v) is 4.45. The first-order valence-electron chi connectivity index (χ1n) is 6.41. The van der Waals surface area contributed by atoms with Crippen molar-refractivity contribution in [3.63, 3.8) is 0 Å². The molecule has 0 N–H and O–H groups in total. The molecule has 7 nitrogen and oxygen atoms in total. The maximum Gasteiger partial charge on any atom is 0.322 e. The summed E-state index contributed by atoms with van der Waals surface area (Å²) in [6.45, 7) is 6.03. The van der Waals surface area contributed by atoms with Crippen molar-refractivity contribution < 1.29 is 14.2 Å². The Balaban J connectivity index is 2.98. The van der Waals surface area contributed by atoms with E-state index in [1.807, 2.05) is 18.7 Å². The van der Waals surface area contributed by atoms with Gasteiger partial charge in [-0.05, 0) is 25.4 Å². The lowest BCUT2D eigenvalue weighted by Crippen LogP contribution is -2.40. The Hall–Kier alpha value is -1.18. The molecule has 0 aliphatic carbocycles. The third kappa shape index (κ3) is 5.07. The Bertz CT molecular complexity index is 408. The van der Waals surface area contributed by atoms with Crippen molar-refractivity contribution in [2.24, 2.45) is 0 Å². The number of hydrogen-bond donors (Lipinski definition) is 0. The fourth-order valence-electron chi connectivity index (χ4n) is 1.68. The number of halogens is 1. The van der Waals surface area contributed by atoms with Gasteiger partial charge in [-0.2, -0.15) is 15.0 Å². The highest BCUT2D eigenvalue weighted by molar-refractivity contribution is 6.28. The molecule has 0 aliphatic heterocycles. The van der Waals surface area contributed by atoms with Crippen LogP contribution in [0, 0.1) is 0 Å². The van der Waals surface area contributed by atoms with Crippen LogP contribution in [0.3, 0.4) is 0 Å². The molecule has 0 fully saturated rings. The maximum absolute atomic E-state index is 5.91. The predicted molar refractivity (Wildman–Crippen MR) is 76.6 cm³/mol. The molecule has 1 aromatic rings. The number of methoxy groups -OCH3 is 2. The molecule has 1 aromatic heterocycles. The first-order chi connectivity index (χ1) is 9.62. The molecule has 1 heterocycles. The van der Waals surface area contributed by atoms with E-state index in [4.69, 9.17) is 25.8 Å². The SMILES string of the molecule is CCOc1nc(Cl)nc(N(CCOC)C(C)COC)n1. The molecule has 0 amide bonds. The van der Waals surface area contributed by atoms with E-state index < -0.39 is 0 Å². The molecule has 1 rings (SSSR count). The summed E-state index contributed by atoms with van der Waals surface area (Å²) >= 11 is 5.91. The van der Waals surface area contributed by atoms with E-state index in [9.17, 15) is 0 Å². The second-order valence-electron chi connectivity index (χ2n) is 4.11. The number of hydrogen-bond acceptors (Lipinski definition) is 7. The Labute approximate surface area is 124 Å². The van der Waals surface area contributed by atoms with Gasteiger partial charge in [-0.3, -0.25) is 0 Å². The van der Waals surface area contributed by atoms with E-state index in [0.29, 0.717) is 32.3 Å². The molecule has 0 radical (unpaired) electrons. The van der Waals surface area contributed by atoms with Gasteiger partial charge in [-0.25, -0.2) is 0 Å². The number of aromatic nitrogens is 3. The van der Waals surface area contributed by atoms with E-state index >= 15 is 0 Å². The number of nitrogens with zero attached hydrogens (tertiary/aromatic N) is 4. The van der Waals surface area contributed by atoms with Crippen LogP contribution in [0.15, 0.2) is 0 Å². The van der Waals surface area contributed by atoms with Gasteiger partial charge in [0.25, 0.3) is 0 Å². The summed E-state index contributed by atoms with van der Waals surface area (Å²) in [5, 5.41) is 0.102. The highest BCUT2D eigenvalue weighted by atomic mass is 35.5. The lowest BCUT2D eigenvalue weighted by atomic mass is 10.3. The van der Waals surface area contributed by atoms with Crippen molar-refractivity contribution >= 4 is 17.5 Å². The number of anilines is 1. The molecule has 0 spiro atoms. The summed E-state index contributed by atoms with van der Waals surface area (Å²) in [4.78, 5) is 14.3. The van der Waals surface area contributed by atoms with Gasteiger partial charge in [0, 0.05) is 20.8 Å². The summed E-state index contributed by atoms with van der Waals surface area (Å²) in [5.74, 6) is 0.454. The van der Waals surface area contributed by atoms with Gasteiger partial charge in [-0.1, -0.05) is 0 Å². The smallest absolute Gasteiger partial charge is 0.322 e. The maximum atomic E-state index is 5.91. The van der Waals surface area contributed by atoms with Crippen LogP contribution in [0.5, 0.6) is 6.01 Å². The zero-order valence-electron chi connectivity index (χ0n) is 12.3. The Morgan fingerprint density at radius 2 is 1.95 bits per heavy atom. The Morgan fingerprint density at radius 1 is 1.20 bits per heavy atom.